The highest BCUT2D eigenvalue weighted by molar-refractivity contribution is 6.67. The summed E-state index contributed by atoms with van der Waals surface area (Å²) in [5.41, 5.74) is 0. The minimum atomic E-state index is -1.84. The average Bonchev–Trinajstić information content (AvgIpc) is 2.31. The summed E-state index contributed by atoms with van der Waals surface area (Å²) in [6, 6.07) is -1.46. The van der Waals surface area contributed by atoms with Crippen LogP contribution in [0.3, 0.4) is 0 Å². The number of hydrogen-bond donors (Lipinski definition) is 2. The van der Waals surface area contributed by atoms with Gasteiger partial charge in [0.05, 0.1) is 6.42 Å². The molecule has 0 aromatic rings. The fourth-order valence-corrected chi connectivity index (χ4v) is 1.10. The number of alkyl halides is 3. The zero-order chi connectivity index (χ0) is 15.8. The highest BCUT2D eigenvalue weighted by Crippen LogP contribution is 2.26. The lowest BCUT2D eigenvalue weighted by Crippen LogP contribution is -2.44. The molecule has 114 valence electrons. The number of ether oxygens (including phenoxy) is 2. The van der Waals surface area contributed by atoms with E-state index < -0.39 is 40.9 Å². The number of carbonyl (C=O) groups excluding carboxylic acids is 2. The Morgan fingerprint density at radius 3 is 2.35 bits per heavy atom. The van der Waals surface area contributed by atoms with Crippen LogP contribution < -0.4 is 5.32 Å². The second-order valence-corrected chi connectivity index (χ2v) is 5.92. The van der Waals surface area contributed by atoms with E-state index in [4.69, 9.17) is 39.9 Å². The van der Waals surface area contributed by atoms with Crippen LogP contribution in [0.1, 0.15) is 6.42 Å². The number of alkyl carbamates (subject to hydrolysis) is 1. The third kappa shape index (κ3) is 9.71. The van der Waals surface area contributed by atoms with Gasteiger partial charge in [-0.2, -0.15) is 0 Å². The molecule has 0 aromatic heterocycles. The van der Waals surface area contributed by atoms with Crippen LogP contribution in [0.2, 0.25) is 0 Å². The summed E-state index contributed by atoms with van der Waals surface area (Å²) in [5, 5.41) is 10.7. The van der Waals surface area contributed by atoms with Gasteiger partial charge in [0, 0.05) is 0 Å². The Morgan fingerprint density at radius 1 is 1.30 bits per heavy atom. The van der Waals surface area contributed by atoms with Crippen LogP contribution in [-0.2, 0) is 19.1 Å². The van der Waals surface area contributed by atoms with Crippen LogP contribution in [0.4, 0.5) is 4.79 Å². The van der Waals surface area contributed by atoms with E-state index in [1.165, 1.54) is 6.08 Å². The quantitative estimate of drug-likeness (QED) is 0.412. The van der Waals surface area contributed by atoms with Crippen LogP contribution in [0.25, 0.3) is 0 Å². The molecule has 10 heteroatoms. The summed E-state index contributed by atoms with van der Waals surface area (Å²) in [7, 11) is 0. The molecule has 0 saturated carbocycles. The number of carboxylic acids is 1. The predicted octanol–water partition coefficient (Wildman–Crippen LogP) is 1.66. The van der Waals surface area contributed by atoms with E-state index in [0.29, 0.717) is 0 Å². The zero-order valence-electron chi connectivity index (χ0n) is 10.1. The molecule has 0 rings (SSSR count). The highest BCUT2D eigenvalue weighted by atomic mass is 35.6. The number of hydrogen-bond acceptors (Lipinski definition) is 5. The number of halogens is 3. The Bertz CT molecular complexity index is 382. The molecule has 0 unspecified atom stereocenters. The number of esters is 1. The molecule has 2 N–H and O–H groups in total. The van der Waals surface area contributed by atoms with Crippen molar-refractivity contribution in [2.45, 2.75) is 16.3 Å². The molecule has 0 radical (unpaired) electrons. The van der Waals surface area contributed by atoms with Crippen molar-refractivity contribution in [1.29, 1.82) is 0 Å². The summed E-state index contributed by atoms with van der Waals surface area (Å²) >= 11 is 16.1. The van der Waals surface area contributed by atoms with Gasteiger partial charge in [0.15, 0.2) is 0 Å². The smallest absolute Gasteiger partial charge is 0.408 e. The van der Waals surface area contributed by atoms with Crippen molar-refractivity contribution in [3.8, 4) is 0 Å². The first-order valence-corrected chi connectivity index (χ1v) is 6.28. The van der Waals surface area contributed by atoms with Crippen molar-refractivity contribution in [1.82, 2.24) is 5.32 Å². The van der Waals surface area contributed by atoms with Gasteiger partial charge in [-0.3, -0.25) is 4.79 Å². The lowest BCUT2D eigenvalue weighted by atomic mass is 10.2. The first-order chi connectivity index (χ1) is 9.15. The molecule has 0 fully saturated rings. The number of carbonyl (C=O) groups is 3. The van der Waals surface area contributed by atoms with Crippen molar-refractivity contribution >= 4 is 52.8 Å². The molecular formula is C10H12Cl3NO6. The molecular weight excluding hydrogens is 336 g/mol. The summed E-state index contributed by atoms with van der Waals surface area (Å²) in [5.74, 6) is -2.39. The van der Waals surface area contributed by atoms with Gasteiger partial charge < -0.3 is 19.9 Å². The lowest BCUT2D eigenvalue weighted by Gasteiger charge is -2.17. The Labute approximate surface area is 129 Å². The van der Waals surface area contributed by atoms with E-state index in [1.54, 1.807) is 0 Å². The van der Waals surface area contributed by atoms with Gasteiger partial charge >= 0.3 is 18.0 Å². The molecule has 0 bridgehead atoms. The van der Waals surface area contributed by atoms with E-state index in [1.807, 2.05) is 5.32 Å². The molecule has 0 spiro atoms. The second-order valence-electron chi connectivity index (χ2n) is 3.40. The lowest BCUT2D eigenvalue weighted by molar-refractivity contribution is -0.150. The monoisotopic (exact) mass is 347 g/mol. The predicted molar refractivity (Wildman–Crippen MR) is 72.0 cm³/mol. The number of amides is 1. The molecule has 0 heterocycles. The van der Waals surface area contributed by atoms with Crippen LogP contribution >= 0.6 is 34.8 Å². The second kappa shape index (κ2) is 8.89. The van der Waals surface area contributed by atoms with Crippen LogP contribution in [-0.4, -0.2) is 46.2 Å². The SMILES string of the molecule is C=CCOC(=O)N[C@@H](CC(=O)O)C(=O)OCC(Cl)(Cl)Cl. The van der Waals surface area contributed by atoms with Crippen molar-refractivity contribution in [2.24, 2.45) is 0 Å². The standard InChI is InChI=1S/C10H12Cl3NO6/c1-2-3-19-9(18)14-6(4-7(15)16)8(17)20-5-10(11,12)13/h2,6H,1,3-5H2,(H,14,18)(H,15,16)/t6-/m0/s1. The van der Waals surface area contributed by atoms with Crippen molar-refractivity contribution < 1.29 is 29.0 Å². The maximum Gasteiger partial charge on any atom is 0.408 e. The Hall–Kier alpha value is -1.18. The molecule has 0 aliphatic rings. The Morgan fingerprint density at radius 2 is 1.90 bits per heavy atom. The topological polar surface area (TPSA) is 102 Å². The van der Waals surface area contributed by atoms with Crippen LogP contribution in [0.15, 0.2) is 12.7 Å². The van der Waals surface area contributed by atoms with Crippen molar-refractivity contribution in [2.75, 3.05) is 13.2 Å². The van der Waals surface area contributed by atoms with Gasteiger partial charge in [0.25, 0.3) is 0 Å². The maximum atomic E-state index is 11.6. The summed E-state index contributed by atoms with van der Waals surface area (Å²) in [6.07, 6.45) is -0.406. The minimum absolute atomic E-state index is 0.102. The van der Waals surface area contributed by atoms with E-state index in [9.17, 15) is 14.4 Å². The van der Waals surface area contributed by atoms with Crippen molar-refractivity contribution in [3.63, 3.8) is 0 Å². The molecule has 0 aliphatic carbocycles. The van der Waals surface area contributed by atoms with Gasteiger partial charge in [-0.1, -0.05) is 47.5 Å². The number of rotatable bonds is 7. The summed E-state index contributed by atoms with van der Waals surface area (Å²) in [4.78, 5) is 33.4. The third-order valence-electron chi connectivity index (χ3n) is 1.67. The normalized spacial score (nSPS) is 12.2. The van der Waals surface area contributed by atoms with Gasteiger partial charge in [-0.05, 0) is 0 Å². The first kappa shape index (κ1) is 18.8. The zero-order valence-corrected chi connectivity index (χ0v) is 12.4. The highest BCUT2D eigenvalue weighted by Gasteiger charge is 2.29. The molecule has 1 amide bonds. The molecule has 20 heavy (non-hydrogen) atoms. The molecule has 7 nitrogen and oxygen atoms in total. The van der Waals surface area contributed by atoms with Gasteiger partial charge in [0.2, 0.25) is 3.79 Å². The molecule has 0 saturated heterocycles. The molecule has 1 atom stereocenters. The van der Waals surface area contributed by atoms with E-state index in [2.05, 4.69) is 16.1 Å². The maximum absolute atomic E-state index is 11.6. The first-order valence-electron chi connectivity index (χ1n) is 5.15. The van der Waals surface area contributed by atoms with E-state index in [-0.39, 0.29) is 6.61 Å². The largest absolute Gasteiger partial charge is 0.481 e. The fourth-order valence-electron chi connectivity index (χ4n) is 0.940. The van der Waals surface area contributed by atoms with Gasteiger partial charge in [0.1, 0.15) is 19.3 Å². The van der Waals surface area contributed by atoms with E-state index in [0.717, 1.165) is 0 Å². The Kier molecular flexibility index (Phi) is 8.36. The van der Waals surface area contributed by atoms with Gasteiger partial charge in [-0.15, -0.1) is 0 Å². The number of aliphatic carboxylic acids is 1. The fraction of sp³-hybridized carbons (Fsp3) is 0.500. The van der Waals surface area contributed by atoms with Crippen LogP contribution in [0, 0.1) is 0 Å². The van der Waals surface area contributed by atoms with Crippen LogP contribution in [0.5, 0.6) is 0 Å². The average molecular weight is 349 g/mol. The number of carboxylic acid groups (broad SMARTS) is 1. The number of nitrogens with one attached hydrogen (secondary N) is 1. The molecule has 0 aromatic carbocycles. The van der Waals surface area contributed by atoms with Gasteiger partial charge in [-0.25, -0.2) is 9.59 Å². The Balaban J connectivity index is 4.53. The third-order valence-corrected chi connectivity index (χ3v) is 1.99. The summed E-state index contributed by atoms with van der Waals surface area (Å²) in [6.45, 7) is 2.63. The summed E-state index contributed by atoms with van der Waals surface area (Å²) < 4.78 is 7.30. The molecule has 0 aliphatic heterocycles. The minimum Gasteiger partial charge on any atom is -0.481 e. The van der Waals surface area contributed by atoms with Crippen molar-refractivity contribution in [3.05, 3.63) is 12.7 Å². The van der Waals surface area contributed by atoms with E-state index >= 15 is 0 Å².